The Labute approximate surface area is 97.3 Å². The van der Waals surface area contributed by atoms with Crippen LogP contribution in [0.15, 0.2) is 12.2 Å². The van der Waals surface area contributed by atoms with E-state index in [1.54, 1.807) is 0 Å². The molecule has 1 atom stereocenters. The van der Waals surface area contributed by atoms with E-state index in [2.05, 4.69) is 18.6 Å². The minimum Gasteiger partial charge on any atom is -0.399 e. The molecule has 1 aliphatic rings. The van der Waals surface area contributed by atoms with Crippen LogP contribution in [0.5, 0.6) is 0 Å². The van der Waals surface area contributed by atoms with Crippen molar-refractivity contribution in [3.8, 4) is 0 Å². The second-order valence-corrected chi connectivity index (χ2v) is 2.80. The fraction of sp³-hybridized carbons (Fsp3) is 0.545. The molecular formula is C11H21OPd-3. The molecule has 0 spiro atoms. The number of hydrogen-bond donors (Lipinski definition) is 1. The van der Waals surface area contributed by atoms with Crippen molar-refractivity contribution in [2.75, 3.05) is 6.61 Å². The summed E-state index contributed by atoms with van der Waals surface area (Å²) in [7, 11) is 0. The molecule has 0 radical (unpaired) electrons. The van der Waals surface area contributed by atoms with Gasteiger partial charge in [-0.05, 0) is 6.42 Å². The van der Waals surface area contributed by atoms with Crippen LogP contribution in [0.1, 0.15) is 25.7 Å². The minimum absolute atomic E-state index is 0. The third-order valence-corrected chi connectivity index (χ3v) is 1.94. The Hall–Kier alpha value is 0.362. The van der Waals surface area contributed by atoms with Crippen molar-refractivity contribution >= 4 is 0 Å². The van der Waals surface area contributed by atoms with Gasteiger partial charge in [-0.15, -0.1) is 5.92 Å². The van der Waals surface area contributed by atoms with Crippen molar-refractivity contribution < 1.29 is 25.5 Å². The first-order valence-electron chi connectivity index (χ1n) is 4.02. The van der Waals surface area contributed by atoms with E-state index in [0.717, 1.165) is 25.7 Å². The summed E-state index contributed by atoms with van der Waals surface area (Å²) in [5.41, 5.74) is 0. The van der Waals surface area contributed by atoms with Gasteiger partial charge in [0.1, 0.15) is 0 Å². The van der Waals surface area contributed by atoms with Crippen molar-refractivity contribution in [2.24, 2.45) is 5.92 Å². The molecule has 0 aliphatic heterocycles. The van der Waals surface area contributed by atoms with Crippen molar-refractivity contribution in [1.29, 1.82) is 0 Å². The zero-order valence-corrected chi connectivity index (χ0v) is 10.2. The zero-order valence-electron chi connectivity index (χ0n) is 8.61. The first-order valence-corrected chi connectivity index (χ1v) is 4.02. The van der Waals surface area contributed by atoms with Gasteiger partial charge in [0, 0.05) is 27.0 Å². The zero-order chi connectivity index (χ0) is 7.23. The molecule has 2 heteroatoms. The van der Waals surface area contributed by atoms with E-state index in [1.165, 1.54) is 0 Å². The standard InChI is InChI=1S/C9H15O.2CH3.Pd/c10-8-9-6-4-2-1-3-5-7-9;;;/h1-2,7,9-10H,3-6,8H2;2*1H3;/q3*-1;/b2-1-;;;. The van der Waals surface area contributed by atoms with Crippen LogP contribution in [-0.2, 0) is 20.4 Å². The van der Waals surface area contributed by atoms with Gasteiger partial charge in [-0.2, -0.15) is 6.42 Å². The predicted molar refractivity (Wildman–Crippen MR) is 55.3 cm³/mol. The summed E-state index contributed by atoms with van der Waals surface area (Å²) in [6, 6.07) is 0. The van der Waals surface area contributed by atoms with Gasteiger partial charge in [-0.25, -0.2) is 0 Å². The first-order chi connectivity index (χ1) is 4.93. The molecule has 0 saturated carbocycles. The van der Waals surface area contributed by atoms with Gasteiger partial charge in [0.15, 0.2) is 0 Å². The minimum atomic E-state index is 0. The van der Waals surface area contributed by atoms with Crippen LogP contribution in [0, 0.1) is 27.2 Å². The first kappa shape index (κ1) is 19.0. The van der Waals surface area contributed by atoms with Gasteiger partial charge in [0.25, 0.3) is 0 Å². The molecule has 1 nitrogen and oxygen atoms in total. The summed E-state index contributed by atoms with van der Waals surface area (Å²) in [6.45, 7) is 0.327. The topological polar surface area (TPSA) is 20.2 Å². The van der Waals surface area contributed by atoms with E-state index in [-0.39, 0.29) is 35.3 Å². The average molecular weight is 276 g/mol. The fourth-order valence-corrected chi connectivity index (χ4v) is 1.26. The molecule has 0 aromatic heterocycles. The number of allylic oxidation sites excluding steroid dienone is 2. The van der Waals surface area contributed by atoms with E-state index < -0.39 is 0 Å². The molecule has 0 heterocycles. The third-order valence-electron chi connectivity index (χ3n) is 1.94. The largest absolute Gasteiger partial charge is 0.399 e. The predicted octanol–water partition coefficient (Wildman–Crippen LogP) is 2.83. The van der Waals surface area contributed by atoms with Crippen molar-refractivity contribution in [3.63, 3.8) is 0 Å². The van der Waals surface area contributed by atoms with Crippen LogP contribution >= 0.6 is 0 Å². The van der Waals surface area contributed by atoms with Crippen LogP contribution < -0.4 is 0 Å². The molecule has 1 rings (SSSR count). The SMILES string of the molecule is OCC1[CH-]CC/C=C\CC1.[CH3-].[CH3-].[Pd]. The number of aliphatic hydroxyl groups excluding tert-OH is 1. The molecule has 13 heavy (non-hydrogen) atoms. The molecule has 0 bridgehead atoms. The van der Waals surface area contributed by atoms with Gasteiger partial charge >= 0.3 is 0 Å². The summed E-state index contributed by atoms with van der Waals surface area (Å²) < 4.78 is 0. The third kappa shape index (κ3) is 8.69. The van der Waals surface area contributed by atoms with Gasteiger partial charge in [0.2, 0.25) is 0 Å². The van der Waals surface area contributed by atoms with E-state index in [1.807, 2.05) is 0 Å². The summed E-state index contributed by atoms with van der Waals surface area (Å²) in [5, 5.41) is 8.85. The second kappa shape index (κ2) is 12.4. The van der Waals surface area contributed by atoms with Gasteiger partial charge in [-0.1, -0.05) is 25.0 Å². The molecule has 84 valence electrons. The molecule has 1 aliphatic carbocycles. The molecule has 0 aromatic carbocycles. The Morgan fingerprint density at radius 2 is 1.85 bits per heavy atom. The molecule has 0 fully saturated rings. The van der Waals surface area contributed by atoms with Gasteiger partial charge in [0.05, 0.1) is 0 Å². The van der Waals surface area contributed by atoms with Crippen molar-refractivity contribution in [1.82, 2.24) is 0 Å². The van der Waals surface area contributed by atoms with Crippen LogP contribution in [0.25, 0.3) is 0 Å². The van der Waals surface area contributed by atoms with Crippen LogP contribution in [-0.4, -0.2) is 11.7 Å². The number of rotatable bonds is 1. The van der Waals surface area contributed by atoms with Crippen LogP contribution in [0.3, 0.4) is 0 Å². The quantitative estimate of drug-likeness (QED) is 0.443. The van der Waals surface area contributed by atoms with E-state index in [0.29, 0.717) is 12.5 Å². The van der Waals surface area contributed by atoms with Crippen LogP contribution in [0.4, 0.5) is 0 Å². The molecule has 0 amide bonds. The molecular weight excluding hydrogens is 255 g/mol. The average Bonchev–Trinajstić information content (AvgIpc) is 1.87. The smallest absolute Gasteiger partial charge is 0.0188 e. The van der Waals surface area contributed by atoms with Crippen molar-refractivity contribution in [2.45, 2.75) is 25.7 Å². The molecule has 1 N–H and O–H groups in total. The van der Waals surface area contributed by atoms with E-state index in [4.69, 9.17) is 5.11 Å². The number of aliphatic hydroxyl groups is 1. The Balaban J connectivity index is -0.000000333. The van der Waals surface area contributed by atoms with Crippen molar-refractivity contribution in [3.05, 3.63) is 33.4 Å². The summed E-state index contributed by atoms with van der Waals surface area (Å²) in [6.07, 6.45) is 11.2. The maximum absolute atomic E-state index is 8.85. The summed E-state index contributed by atoms with van der Waals surface area (Å²) in [4.78, 5) is 0. The molecule has 0 aromatic rings. The van der Waals surface area contributed by atoms with E-state index >= 15 is 0 Å². The second-order valence-electron chi connectivity index (χ2n) is 2.80. The Kier molecular flexibility index (Phi) is 18.1. The molecule has 0 saturated heterocycles. The fourth-order valence-electron chi connectivity index (χ4n) is 1.26. The molecule has 1 unspecified atom stereocenters. The number of hydrogen-bond acceptors (Lipinski definition) is 1. The maximum atomic E-state index is 8.85. The van der Waals surface area contributed by atoms with Gasteiger partial charge in [-0.3, -0.25) is 0 Å². The summed E-state index contributed by atoms with van der Waals surface area (Å²) in [5.74, 6) is 0.449. The maximum Gasteiger partial charge on any atom is 0.0188 e. The normalized spacial score (nSPS) is 23.6. The van der Waals surface area contributed by atoms with Gasteiger partial charge < -0.3 is 26.4 Å². The monoisotopic (exact) mass is 275 g/mol. The van der Waals surface area contributed by atoms with Crippen LogP contribution in [0.2, 0.25) is 0 Å². The summed E-state index contributed by atoms with van der Waals surface area (Å²) >= 11 is 0. The Bertz CT molecular complexity index is 113. The van der Waals surface area contributed by atoms with E-state index in [9.17, 15) is 0 Å². The Morgan fingerprint density at radius 3 is 2.46 bits per heavy atom. The Morgan fingerprint density at radius 1 is 1.23 bits per heavy atom.